The van der Waals surface area contributed by atoms with E-state index >= 15 is 0 Å². The minimum Gasteiger partial charge on any atom is -0.359 e. The minimum atomic E-state index is -2.30. The fourth-order valence-corrected chi connectivity index (χ4v) is 2.02. The van der Waals surface area contributed by atoms with Crippen molar-refractivity contribution < 1.29 is 8.78 Å². The molecule has 1 atom stereocenters. The predicted octanol–water partition coefficient (Wildman–Crippen LogP) is 1.97. The summed E-state index contributed by atoms with van der Waals surface area (Å²) in [6.45, 7) is 4.68. The number of nitrogens with one attached hydrogen (secondary N) is 1. The Hall–Kier alpha value is -0.320. The van der Waals surface area contributed by atoms with Gasteiger partial charge in [0.25, 0.3) is 6.43 Å². The maximum Gasteiger partial charge on any atom is 0.255 e. The summed E-state index contributed by atoms with van der Waals surface area (Å²) < 4.78 is 23.6. The summed E-state index contributed by atoms with van der Waals surface area (Å²) in [6.07, 6.45) is -2.30. The van der Waals surface area contributed by atoms with E-state index in [9.17, 15) is 8.78 Å². The second-order valence-corrected chi connectivity index (χ2v) is 4.55. The summed E-state index contributed by atoms with van der Waals surface area (Å²) in [5.41, 5.74) is 0. The molecular weight excluding hydrogens is 194 g/mol. The summed E-state index contributed by atoms with van der Waals surface area (Å²) in [7, 11) is 0. The third-order valence-corrected chi connectivity index (χ3v) is 3.32. The van der Waals surface area contributed by atoms with Crippen molar-refractivity contribution in [2.45, 2.75) is 25.5 Å². The van der Waals surface area contributed by atoms with E-state index in [4.69, 9.17) is 0 Å². The Morgan fingerprint density at radius 1 is 1.62 bits per heavy atom. The van der Waals surface area contributed by atoms with Gasteiger partial charge in [-0.1, -0.05) is 25.6 Å². The predicted molar refractivity (Wildman–Crippen MR) is 52.5 cm³/mol. The molecule has 0 aliphatic carbocycles. The third-order valence-electron chi connectivity index (χ3n) is 1.83. The molecule has 5 heteroatoms. The van der Waals surface area contributed by atoms with Crippen molar-refractivity contribution in [3.05, 3.63) is 0 Å². The molecule has 0 saturated carbocycles. The van der Waals surface area contributed by atoms with Crippen LogP contribution in [-0.4, -0.2) is 29.9 Å². The number of halogens is 2. The minimum absolute atomic E-state index is 0.295. The molecule has 0 aromatic heterocycles. The van der Waals surface area contributed by atoms with Crippen LogP contribution < -0.4 is 5.32 Å². The van der Waals surface area contributed by atoms with Crippen LogP contribution in [0.5, 0.6) is 0 Å². The van der Waals surface area contributed by atoms with E-state index in [-0.39, 0.29) is 6.54 Å². The molecule has 1 heterocycles. The van der Waals surface area contributed by atoms with Gasteiger partial charge >= 0.3 is 0 Å². The van der Waals surface area contributed by atoms with Crippen LogP contribution in [-0.2, 0) is 0 Å². The average Bonchev–Trinajstić information content (AvgIpc) is 2.48. The lowest BCUT2D eigenvalue weighted by Crippen LogP contribution is -2.25. The maximum absolute atomic E-state index is 11.8. The van der Waals surface area contributed by atoms with E-state index in [1.807, 2.05) is 0 Å². The van der Waals surface area contributed by atoms with Crippen molar-refractivity contribution in [1.29, 1.82) is 0 Å². The highest BCUT2D eigenvalue weighted by molar-refractivity contribution is 8.14. The summed E-state index contributed by atoms with van der Waals surface area (Å²) in [4.78, 5) is 4.15. The van der Waals surface area contributed by atoms with Crippen molar-refractivity contribution in [2.75, 3.05) is 13.1 Å². The topological polar surface area (TPSA) is 24.4 Å². The zero-order valence-corrected chi connectivity index (χ0v) is 8.57. The molecule has 0 bridgehead atoms. The van der Waals surface area contributed by atoms with Gasteiger partial charge in [-0.2, -0.15) is 0 Å². The molecule has 0 aromatic carbocycles. The Balaban J connectivity index is 2.24. The Morgan fingerprint density at radius 3 is 2.77 bits per heavy atom. The molecule has 0 radical (unpaired) electrons. The number of aliphatic imine (C=N–C) groups is 1. The number of nitrogens with zero attached hydrogens (tertiary/aromatic N) is 1. The standard InChI is InChI=1S/C8H14F2N2S/c1-5(2)6-3-11-8(13-6)12-4-7(9)10/h5-7H,3-4H2,1-2H3,(H,11,12). The molecule has 13 heavy (non-hydrogen) atoms. The molecule has 1 aliphatic rings. The smallest absolute Gasteiger partial charge is 0.255 e. The Morgan fingerprint density at radius 2 is 2.31 bits per heavy atom. The summed E-state index contributed by atoms with van der Waals surface area (Å²) in [5.74, 6) is 0.541. The second kappa shape index (κ2) is 4.79. The normalized spacial score (nSPS) is 22.6. The number of thioether (sulfide) groups is 1. The van der Waals surface area contributed by atoms with E-state index in [0.717, 1.165) is 6.54 Å². The van der Waals surface area contributed by atoms with Gasteiger partial charge in [-0.05, 0) is 5.92 Å². The number of rotatable bonds is 3. The van der Waals surface area contributed by atoms with Gasteiger partial charge in [0.05, 0.1) is 13.1 Å². The van der Waals surface area contributed by atoms with E-state index in [2.05, 4.69) is 24.2 Å². The van der Waals surface area contributed by atoms with Crippen LogP contribution >= 0.6 is 11.8 Å². The van der Waals surface area contributed by atoms with Crippen LogP contribution in [0, 0.1) is 5.92 Å². The van der Waals surface area contributed by atoms with E-state index < -0.39 is 6.43 Å². The molecule has 76 valence electrons. The number of alkyl halides is 2. The lowest BCUT2D eigenvalue weighted by molar-refractivity contribution is 0.152. The molecule has 1 unspecified atom stereocenters. The summed E-state index contributed by atoms with van der Waals surface area (Å²) >= 11 is 1.57. The van der Waals surface area contributed by atoms with Gasteiger partial charge in [0, 0.05) is 5.25 Å². The molecule has 0 saturated heterocycles. The van der Waals surface area contributed by atoms with Gasteiger partial charge in [-0.3, -0.25) is 4.99 Å². The Bertz CT molecular complexity index is 195. The summed E-state index contributed by atoms with van der Waals surface area (Å²) in [6, 6.07) is 0. The van der Waals surface area contributed by atoms with Gasteiger partial charge in [-0.25, -0.2) is 8.78 Å². The van der Waals surface area contributed by atoms with Gasteiger partial charge in [-0.15, -0.1) is 0 Å². The lowest BCUT2D eigenvalue weighted by atomic mass is 10.1. The van der Waals surface area contributed by atoms with E-state index in [0.29, 0.717) is 16.3 Å². The number of hydrogen-bond acceptors (Lipinski definition) is 3. The van der Waals surface area contributed by atoms with Gasteiger partial charge in [0.2, 0.25) is 0 Å². The largest absolute Gasteiger partial charge is 0.359 e. The molecule has 0 fully saturated rings. The SMILES string of the molecule is CC(C)C1CN=C(NCC(F)F)S1. The van der Waals surface area contributed by atoms with Crippen molar-refractivity contribution in [1.82, 2.24) is 5.32 Å². The van der Waals surface area contributed by atoms with Crippen molar-refractivity contribution in [2.24, 2.45) is 10.9 Å². The average molecular weight is 208 g/mol. The molecule has 2 nitrogen and oxygen atoms in total. The fourth-order valence-electron chi connectivity index (χ4n) is 1.000. The van der Waals surface area contributed by atoms with Crippen LogP contribution in [0.25, 0.3) is 0 Å². The van der Waals surface area contributed by atoms with Crippen molar-refractivity contribution in [3.63, 3.8) is 0 Å². The number of amidine groups is 1. The van der Waals surface area contributed by atoms with Crippen molar-refractivity contribution >= 4 is 16.9 Å². The first kappa shape index (κ1) is 10.8. The highest BCUT2D eigenvalue weighted by Gasteiger charge is 2.22. The fraction of sp³-hybridized carbons (Fsp3) is 0.875. The van der Waals surface area contributed by atoms with Crippen LogP contribution in [0.1, 0.15) is 13.8 Å². The van der Waals surface area contributed by atoms with Crippen LogP contribution in [0.15, 0.2) is 4.99 Å². The van der Waals surface area contributed by atoms with Gasteiger partial charge in [0.1, 0.15) is 0 Å². The maximum atomic E-state index is 11.8. The monoisotopic (exact) mass is 208 g/mol. The molecule has 1 rings (SSSR count). The van der Waals surface area contributed by atoms with Gasteiger partial charge in [0.15, 0.2) is 5.17 Å². The zero-order valence-electron chi connectivity index (χ0n) is 7.76. The van der Waals surface area contributed by atoms with E-state index in [1.165, 1.54) is 0 Å². The second-order valence-electron chi connectivity index (χ2n) is 3.32. The van der Waals surface area contributed by atoms with E-state index in [1.54, 1.807) is 11.8 Å². The van der Waals surface area contributed by atoms with Gasteiger partial charge < -0.3 is 5.32 Å². The molecule has 0 aromatic rings. The molecule has 0 amide bonds. The van der Waals surface area contributed by atoms with Crippen LogP contribution in [0.4, 0.5) is 8.78 Å². The molecule has 1 N–H and O–H groups in total. The lowest BCUT2D eigenvalue weighted by Gasteiger charge is -2.11. The van der Waals surface area contributed by atoms with Crippen LogP contribution in [0.2, 0.25) is 0 Å². The molecular formula is C8H14F2N2S. The first-order valence-electron chi connectivity index (χ1n) is 4.32. The number of hydrogen-bond donors (Lipinski definition) is 1. The highest BCUT2D eigenvalue weighted by Crippen LogP contribution is 2.25. The quantitative estimate of drug-likeness (QED) is 0.766. The summed E-state index contributed by atoms with van der Waals surface area (Å²) in [5, 5.41) is 3.74. The molecule has 1 aliphatic heterocycles. The molecule has 0 spiro atoms. The Labute approximate surface area is 81.2 Å². The van der Waals surface area contributed by atoms with Crippen LogP contribution in [0.3, 0.4) is 0 Å². The zero-order chi connectivity index (χ0) is 9.84. The highest BCUT2D eigenvalue weighted by atomic mass is 32.2. The van der Waals surface area contributed by atoms with Crippen molar-refractivity contribution in [3.8, 4) is 0 Å². The Kier molecular flexibility index (Phi) is 3.96. The third kappa shape index (κ3) is 3.50. The first-order chi connectivity index (χ1) is 6.09. The first-order valence-corrected chi connectivity index (χ1v) is 5.20.